The third-order valence-electron chi connectivity index (χ3n) is 3.90. The summed E-state index contributed by atoms with van der Waals surface area (Å²) in [6, 6.07) is 5.26. The molecule has 104 valence electrons. The van der Waals surface area contributed by atoms with Crippen molar-refractivity contribution in [3.63, 3.8) is 0 Å². The average Bonchev–Trinajstić information content (AvgIpc) is 2.41. The molecule has 1 aliphatic carbocycles. The Hall–Kier alpha value is -1.55. The highest BCUT2D eigenvalue weighted by Gasteiger charge is 2.19. The molecular weight excluding hydrogens is 240 g/mol. The highest BCUT2D eigenvalue weighted by molar-refractivity contribution is 5.94. The molecule has 1 aromatic rings. The Morgan fingerprint density at radius 2 is 2.05 bits per heavy atom. The van der Waals surface area contributed by atoms with Gasteiger partial charge < -0.3 is 16.2 Å². The van der Waals surface area contributed by atoms with Gasteiger partial charge in [0.15, 0.2) is 0 Å². The Bertz CT molecular complexity index is 451. The molecule has 1 aromatic carbocycles. The van der Waals surface area contributed by atoms with Crippen molar-refractivity contribution >= 4 is 5.91 Å². The van der Waals surface area contributed by atoms with Gasteiger partial charge in [-0.1, -0.05) is 0 Å². The van der Waals surface area contributed by atoms with Crippen LogP contribution in [0.25, 0.3) is 0 Å². The fraction of sp³-hybridized carbons (Fsp3) is 0.533. The monoisotopic (exact) mass is 262 g/mol. The Morgan fingerprint density at radius 1 is 1.37 bits per heavy atom. The van der Waals surface area contributed by atoms with Crippen LogP contribution in [-0.4, -0.2) is 23.6 Å². The number of nitrogens with two attached hydrogens (primary N) is 1. The third kappa shape index (κ3) is 3.70. The lowest BCUT2D eigenvalue weighted by Crippen LogP contribution is -2.34. The molecule has 1 aliphatic rings. The zero-order chi connectivity index (χ0) is 13.8. The van der Waals surface area contributed by atoms with E-state index in [1.54, 1.807) is 25.1 Å². The first kappa shape index (κ1) is 13.9. The van der Waals surface area contributed by atoms with Crippen molar-refractivity contribution < 1.29 is 9.90 Å². The fourth-order valence-electron chi connectivity index (χ4n) is 2.53. The van der Waals surface area contributed by atoms with Crippen molar-refractivity contribution in [3.05, 3.63) is 29.3 Å². The van der Waals surface area contributed by atoms with E-state index in [1.807, 2.05) is 0 Å². The summed E-state index contributed by atoms with van der Waals surface area (Å²) in [6.45, 7) is 2.50. The predicted molar refractivity (Wildman–Crippen MR) is 75.1 cm³/mol. The van der Waals surface area contributed by atoms with Gasteiger partial charge >= 0.3 is 0 Å². The number of aromatic hydroxyl groups is 1. The van der Waals surface area contributed by atoms with Crippen LogP contribution in [0, 0.1) is 12.8 Å². The van der Waals surface area contributed by atoms with Crippen molar-refractivity contribution in [2.45, 2.75) is 38.6 Å². The average molecular weight is 262 g/mol. The highest BCUT2D eigenvalue weighted by atomic mass is 16.3. The van der Waals surface area contributed by atoms with Crippen molar-refractivity contribution in [2.75, 3.05) is 6.54 Å². The van der Waals surface area contributed by atoms with Crippen LogP contribution in [0.1, 0.15) is 41.6 Å². The van der Waals surface area contributed by atoms with E-state index in [0.29, 0.717) is 24.1 Å². The van der Waals surface area contributed by atoms with Crippen LogP contribution in [0.5, 0.6) is 5.75 Å². The molecule has 0 aromatic heterocycles. The van der Waals surface area contributed by atoms with Gasteiger partial charge in [0.1, 0.15) is 5.75 Å². The topological polar surface area (TPSA) is 75.4 Å². The molecule has 0 bridgehead atoms. The molecule has 1 saturated carbocycles. The first-order valence-electron chi connectivity index (χ1n) is 6.89. The number of hydrogen-bond acceptors (Lipinski definition) is 3. The minimum absolute atomic E-state index is 0.0713. The minimum atomic E-state index is -0.0713. The second-order valence-electron chi connectivity index (χ2n) is 5.49. The molecule has 0 heterocycles. The van der Waals surface area contributed by atoms with E-state index >= 15 is 0 Å². The summed E-state index contributed by atoms with van der Waals surface area (Å²) in [5.41, 5.74) is 7.18. The standard InChI is InChI=1S/C15H22N2O2/c1-10-8-12(4-7-14(10)18)15(19)17-9-11-2-5-13(16)6-3-11/h4,7-8,11,13,18H,2-3,5-6,9,16H2,1H3,(H,17,19). The van der Waals surface area contributed by atoms with Gasteiger partial charge in [-0.3, -0.25) is 4.79 Å². The molecule has 4 nitrogen and oxygen atoms in total. The van der Waals surface area contributed by atoms with E-state index in [0.717, 1.165) is 31.2 Å². The first-order valence-corrected chi connectivity index (χ1v) is 6.89. The van der Waals surface area contributed by atoms with E-state index < -0.39 is 0 Å². The second kappa shape index (κ2) is 6.06. The largest absolute Gasteiger partial charge is 0.508 e. The quantitative estimate of drug-likeness (QED) is 0.779. The summed E-state index contributed by atoms with van der Waals surface area (Å²) in [5.74, 6) is 0.692. The van der Waals surface area contributed by atoms with Crippen LogP contribution >= 0.6 is 0 Å². The number of nitrogens with one attached hydrogen (secondary N) is 1. The van der Waals surface area contributed by atoms with E-state index in [4.69, 9.17) is 5.73 Å². The van der Waals surface area contributed by atoms with Crippen molar-refractivity contribution in [2.24, 2.45) is 11.7 Å². The number of carbonyl (C=O) groups is 1. The summed E-state index contributed by atoms with van der Waals surface area (Å²) >= 11 is 0. The lowest BCUT2D eigenvalue weighted by molar-refractivity contribution is 0.0943. The molecule has 4 N–H and O–H groups in total. The smallest absolute Gasteiger partial charge is 0.251 e. The second-order valence-corrected chi connectivity index (χ2v) is 5.49. The highest BCUT2D eigenvalue weighted by Crippen LogP contribution is 2.22. The zero-order valence-electron chi connectivity index (χ0n) is 11.4. The number of phenols is 1. The van der Waals surface area contributed by atoms with Crippen LogP contribution in [0.3, 0.4) is 0 Å². The van der Waals surface area contributed by atoms with Crippen molar-refractivity contribution in [3.8, 4) is 5.75 Å². The summed E-state index contributed by atoms with van der Waals surface area (Å²) in [6.07, 6.45) is 4.30. The van der Waals surface area contributed by atoms with Crippen molar-refractivity contribution in [1.82, 2.24) is 5.32 Å². The van der Waals surface area contributed by atoms with Crippen molar-refractivity contribution in [1.29, 1.82) is 0 Å². The number of phenolic OH excluding ortho intramolecular Hbond substituents is 1. The van der Waals surface area contributed by atoms with Gasteiger partial charge in [0, 0.05) is 18.2 Å². The first-order chi connectivity index (χ1) is 9.06. The van der Waals surface area contributed by atoms with Crippen LogP contribution in [-0.2, 0) is 0 Å². The number of hydrogen-bond donors (Lipinski definition) is 3. The maximum Gasteiger partial charge on any atom is 0.251 e. The molecule has 0 radical (unpaired) electrons. The summed E-state index contributed by atoms with van der Waals surface area (Å²) < 4.78 is 0. The molecule has 4 heteroatoms. The van der Waals surface area contributed by atoms with Gasteiger partial charge in [-0.25, -0.2) is 0 Å². The lowest BCUT2D eigenvalue weighted by Gasteiger charge is -2.26. The summed E-state index contributed by atoms with van der Waals surface area (Å²) in [5, 5.41) is 12.4. The maximum absolute atomic E-state index is 12.0. The molecule has 0 spiro atoms. The van der Waals surface area contributed by atoms with Gasteiger partial charge in [0.05, 0.1) is 0 Å². The summed E-state index contributed by atoms with van der Waals surface area (Å²) in [4.78, 5) is 12.0. The Morgan fingerprint density at radius 3 is 2.68 bits per heavy atom. The Balaban J connectivity index is 1.85. The predicted octanol–water partition coefficient (Wildman–Crippen LogP) is 1.95. The number of benzene rings is 1. The Kier molecular flexibility index (Phi) is 4.43. The number of aryl methyl sites for hydroxylation is 1. The minimum Gasteiger partial charge on any atom is -0.508 e. The normalized spacial score (nSPS) is 23.1. The fourth-order valence-corrected chi connectivity index (χ4v) is 2.53. The van der Waals surface area contributed by atoms with E-state index in [9.17, 15) is 9.90 Å². The van der Waals surface area contributed by atoms with Gasteiger partial charge in [-0.15, -0.1) is 0 Å². The Labute approximate surface area is 114 Å². The molecule has 19 heavy (non-hydrogen) atoms. The summed E-state index contributed by atoms with van der Waals surface area (Å²) in [7, 11) is 0. The molecule has 1 fully saturated rings. The zero-order valence-corrected chi connectivity index (χ0v) is 11.4. The number of carbonyl (C=O) groups excluding carboxylic acids is 1. The van der Waals surface area contributed by atoms with Gasteiger partial charge in [0.25, 0.3) is 5.91 Å². The van der Waals surface area contributed by atoms with Crippen LogP contribution in [0.15, 0.2) is 18.2 Å². The molecule has 0 saturated heterocycles. The third-order valence-corrected chi connectivity index (χ3v) is 3.90. The van der Waals surface area contributed by atoms with E-state index in [1.165, 1.54) is 0 Å². The lowest BCUT2D eigenvalue weighted by atomic mass is 9.86. The van der Waals surface area contributed by atoms with Gasteiger partial charge in [-0.2, -0.15) is 0 Å². The van der Waals surface area contributed by atoms with Crippen LogP contribution < -0.4 is 11.1 Å². The number of amides is 1. The molecule has 0 atom stereocenters. The molecule has 0 aliphatic heterocycles. The maximum atomic E-state index is 12.0. The van der Waals surface area contributed by atoms with Crippen LogP contribution in [0.4, 0.5) is 0 Å². The molecule has 1 amide bonds. The molecule has 2 rings (SSSR count). The number of rotatable bonds is 3. The van der Waals surface area contributed by atoms with Gasteiger partial charge in [-0.05, 0) is 62.3 Å². The van der Waals surface area contributed by atoms with E-state index in [-0.39, 0.29) is 11.7 Å². The SMILES string of the molecule is Cc1cc(C(=O)NCC2CCC(N)CC2)ccc1O. The molecular formula is C15H22N2O2. The van der Waals surface area contributed by atoms with Gasteiger partial charge in [0.2, 0.25) is 0 Å². The van der Waals surface area contributed by atoms with E-state index in [2.05, 4.69) is 5.32 Å². The molecule has 0 unspecified atom stereocenters. The van der Waals surface area contributed by atoms with Crippen LogP contribution in [0.2, 0.25) is 0 Å².